The number of benzene rings is 2. The van der Waals surface area contributed by atoms with Gasteiger partial charge in [-0.15, -0.1) is 11.3 Å². The van der Waals surface area contributed by atoms with Crippen LogP contribution in [0.3, 0.4) is 0 Å². The fourth-order valence-electron chi connectivity index (χ4n) is 3.42. The summed E-state index contributed by atoms with van der Waals surface area (Å²) in [5.74, 6) is 0.826. The van der Waals surface area contributed by atoms with E-state index in [1.807, 2.05) is 40.6 Å². The van der Waals surface area contributed by atoms with Crippen LogP contribution in [-0.4, -0.2) is 41.9 Å². The zero-order valence-corrected chi connectivity index (χ0v) is 19.8. The molecule has 0 unspecified atom stereocenters. The molecule has 1 saturated heterocycles. The molecule has 0 aliphatic carbocycles. The minimum Gasteiger partial charge on any atom is -0.489 e. The quantitative estimate of drug-likeness (QED) is 0.405. The molecule has 0 atom stereocenters. The minimum absolute atomic E-state index is 0.0759. The largest absolute Gasteiger partial charge is 0.489 e. The molecule has 2 aromatic carbocycles. The zero-order valence-electron chi connectivity index (χ0n) is 16.7. The average molecular weight is 496 g/mol. The van der Waals surface area contributed by atoms with Crippen LogP contribution in [0.15, 0.2) is 53.9 Å². The predicted octanol–water partition coefficient (Wildman–Crippen LogP) is 6.25. The van der Waals surface area contributed by atoms with Crippen molar-refractivity contribution in [2.45, 2.75) is 13.2 Å². The second kappa shape index (κ2) is 10.2. The van der Waals surface area contributed by atoms with Crippen molar-refractivity contribution < 1.29 is 9.53 Å². The van der Waals surface area contributed by atoms with E-state index in [4.69, 9.17) is 39.5 Å². The Kier molecular flexibility index (Phi) is 7.41. The average Bonchev–Trinajstić information content (AvgIpc) is 3.24. The van der Waals surface area contributed by atoms with Crippen LogP contribution in [0.2, 0.25) is 15.1 Å². The molecule has 0 radical (unpaired) electrons. The Balaban J connectivity index is 1.28. The van der Waals surface area contributed by atoms with Gasteiger partial charge >= 0.3 is 0 Å². The Labute approximate surface area is 200 Å². The summed E-state index contributed by atoms with van der Waals surface area (Å²) in [5, 5.41) is 3.96. The number of thiophene rings is 1. The number of carbonyl (C=O) groups is 1. The lowest BCUT2D eigenvalue weighted by Crippen LogP contribution is -2.48. The number of ether oxygens (including phenoxy) is 1. The molecule has 0 spiro atoms. The van der Waals surface area contributed by atoms with Crippen molar-refractivity contribution >= 4 is 52.0 Å². The lowest BCUT2D eigenvalue weighted by molar-refractivity contribution is 0.0633. The summed E-state index contributed by atoms with van der Waals surface area (Å²) in [6.07, 6.45) is 0. The Morgan fingerprint density at radius 2 is 1.65 bits per heavy atom. The third-order valence-corrected chi connectivity index (χ3v) is 6.96. The number of nitrogens with zero attached hydrogens (tertiary/aromatic N) is 2. The lowest BCUT2D eigenvalue weighted by Gasteiger charge is -2.34. The van der Waals surface area contributed by atoms with Crippen LogP contribution in [-0.2, 0) is 13.2 Å². The lowest BCUT2D eigenvalue weighted by atomic mass is 10.2. The number of hydrogen-bond donors (Lipinski definition) is 0. The minimum atomic E-state index is 0.0759. The standard InChI is InChI=1S/C23H21Cl3N2O2S/c24-18-3-5-20(6-4-18)30-14-16-11-22(31-15-16)23(29)28-9-7-27(8-10-28)13-17-1-2-19(25)12-21(17)26/h1-6,11-12,15H,7-10,13-14H2. The van der Waals surface area contributed by atoms with Crippen LogP contribution >= 0.6 is 46.1 Å². The number of carbonyl (C=O) groups excluding carboxylic acids is 1. The highest BCUT2D eigenvalue weighted by Crippen LogP contribution is 2.24. The Bertz CT molecular complexity index is 1050. The fraction of sp³-hybridized carbons (Fsp3) is 0.261. The molecule has 4 nitrogen and oxygen atoms in total. The van der Waals surface area contributed by atoms with Gasteiger partial charge in [0.05, 0.1) is 4.88 Å². The molecule has 0 bridgehead atoms. The van der Waals surface area contributed by atoms with Gasteiger partial charge in [-0.1, -0.05) is 40.9 Å². The van der Waals surface area contributed by atoms with Gasteiger partial charge in [0.25, 0.3) is 5.91 Å². The van der Waals surface area contributed by atoms with E-state index in [-0.39, 0.29) is 5.91 Å². The maximum absolute atomic E-state index is 12.9. The molecule has 2 heterocycles. The first-order valence-electron chi connectivity index (χ1n) is 9.89. The summed E-state index contributed by atoms with van der Waals surface area (Å²) in [7, 11) is 0. The van der Waals surface area contributed by atoms with Crippen LogP contribution < -0.4 is 4.74 Å². The summed E-state index contributed by atoms with van der Waals surface area (Å²) in [6, 6.07) is 14.7. The first-order chi connectivity index (χ1) is 15.0. The van der Waals surface area contributed by atoms with Crippen LogP contribution in [0.4, 0.5) is 0 Å². The molecule has 1 amide bonds. The van der Waals surface area contributed by atoms with Crippen molar-refractivity contribution in [2.24, 2.45) is 0 Å². The van der Waals surface area contributed by atoms with Crippen LogP contribution in [0.1, 0.15) is 20.8 Å². The van der Waals surface area contributed by atoms with Crippen molar-refractivity contribution in [3.8, 4) is 5.75 Å². The highest BCUT2D eigenvalue weighted by molar-refractivity contribution is 7.12. The van der Waals surface area contributed by atoms with Crippen LogP contribution in [0, 0.1) is 0 Å². The van der Waals surface area contributed by atoms with Crippen molar-refractivity contribution in [3.63, 3.8) is 0 Å². The Morgan fingerprint density at radius 3 is 2.35 bits per heavy atom. The van der Waals surface area contributed by atoms with E-state index < -0.39 is 0 Å². The van der Waals surface area contributed by atoms with Crippen molar-refractivity contribution in [1.29, 1.82) is 0 Å². The molecule has 3 aromatic rings. The third kappa shape index (κ3) is 5.93. The number of amides is 1. The van der Waals surface area contributed by atoms with Crippen molar-refractivity contribution in [1.82, 2.24) is 9.80 Å². The van der Waals surface area contributed by atoms with Gasteiger partial charge < -0.3 is 9.64 Å². The summed E-state index contributed by atoms with van der Waals surface area (Å²) in [4.78, 5) is 17.9. The highest BCUT2D eigenvalue weighted by Gasteiger charge is 2.23. The van der Waals surface area contributed by atoms with Crippen molar-refractivity contribution in [3.05, 3.63) is 85.0 Å². The molecule has 1 aromatic heterocycles. The molecule has 0 saturated carbocycles. The Hall–Kier alpha value is -1.76. The summed E-state index contributed by atoms with van der Waals surface area (Å²) < 4.78 is 5.77. The first kappa shape index (κ1) is 22.4. The number of hydrogen-bond acceptors (Lipinski definition) is 4. The molecule has 1 aliphatic rings. The van der Waals surface area contributed by atoms with Gasteiger partial charge in [-0.25, -0.2) is 0 Å². The zero-order chi connectivity index (χ0) is 21.8. The van der Waals surface area contributed by atoms with E-state index >= 15 is 0 Å². The molecule has 1 fully saturated rings. The van der Waals surface area contributed by atoms with Gasteiger partial charge in [-0.2, -0.15) is 0 Å². The van der Waals surface area contributed by atoms with Gasteiger partial charge in [0.2, 0.25) is 0 Å². The van der Waals surface area contributed by atoms with E-state index in [1.165, 1.54) is 11.3 Å². The molecule has 1 aliphatic heterocycles. The van der Waals surface area contributed by atoms with Crippen LogP contribution in [0.5, 0.6) is 5.75 Å². The number of piperazine rings is 1. The van der Waals surface area contributed by atoms with E-state index in [0.29, 0.717) is 34.8 Å². The third-order valence-electron chi connectivity index (χ3n) is 5.15. The molecule has 4 rings (SSSR count). The van der Waals surface area contributed by atoms with E-state index in [1.54, 1.807) is 18.2 Å². The van der Waals surface area contributed by atoms with E-state index in [0.717, 1.165) is 41.4 Å². The van der Waals surface area contributed by atoms with Gasteiger partial charge in [0.15, 0.2) is 0 Å². The monoisotopic (exact) mass is 494 g/mol. The Morgan fingerprint density at radius 1 is 0.935 bits per heavy atom. The topological polar surface area (TPSA) is 32.8 Å². The van der Waals surface area contributed by atoms with Gasteiger partial charge in [0, 0.05) is 53.4 Å². The normalized spacial score (nSPS) is 14.6. The summed E-state index contributed by atoms with van der Waals surface area (Å²) in [6.45, 7) is 4.17. The maximum atomic E-state index is 12.9. The second-order valence-electron chi connectivity index (χ2n) is 7.37. The van der Waals surface area contributed by atoms with Crippen molar-refractivity contribution in [2.75, 3.05) is 26.2 Å². The van der Waals surface area contributed by atoms with E-state index in [9.17, 15) is 4.79 Å². The molecule has 0 N–H and O–H groups in total. The van der Waals surface area contributed by atoms with Crippen LogP contribution in [0.25, 0.3) is 0 Å². The smallest absolute Gasteiger partial charge is 0.264 e. The molecular formula is C23H21Cl3N2O2S. The summed E-state index contributed by atoms with van der Waals surface area (Å²) in [5.41, 5.74) is 2.04. The van der Waals surface area contributed by atoms with Gasteiger partial charge in [-0.3, -0.25) is 9.69 Å². The number of halogens is 3. The molecule has 162 valence electrons. The number of rotatable bonds is 6. The van der Waals surface area contributed by atoms with Gasteiger partial charge in [0.1, 0.15) is 12.4 Å². The summed E-state index contributed by atoms with van der Waals surface area (Å²) >= 11 is 19.6. The maximum Gasteiger partial charge on any atom is 0.264 e. The molecule has 8 heteroatoms. The molecule has 31 heavy (non-hydrogen) atoms. The predicted molar refractivity (Wildman–Crippen MR) is 128 cm³/mol. The second-order valence-corrected chi connectivity index (χ2v) is 9.56. The first-order valence-corrected chi connectivity index (χ1v) is 11.9. The SMILES string of the molecule is O=C(c1cc(COc2ccc(Cl)cc2)cs1)N1CCN(Cc2ccc(Cl)cc2Cl)CC1. The highest BCUT2D eigenvalue weighted by atomic mass is 35.5. The van der Waals surface area contributed by atoms with E-state index in [2.05, 4.69) is 4.90 Å². The fourth-order valence-corrected chi connectivity index (χ4v) is 4.87. The van der Waals surface area contributed by atoms with Gasteiger partial charge in [-0.05, 0) is 53.4 Å². The molecular weight excluding hydrogens is 475 g/mol.